The van der Waals surface area contributed by atoms with Crippen molar-refractivity contribution in [3.8, 4) is 0 Å². The summed E-state index contributed by atoms with van der Waals surface area (Å²) in [7, 11) is 0. The molecular formula is C4H9NO. The third-order valence-electron chi connectivity index (χ3n) is 0.354. The van der Waals surface area contributed by atoms with E-state index in [0.717, 1.165) is 0 Å². The molecule has 0 aromatic heterocycles. The van der Waals surface area contributed by atoms with Crippen molar-refractivity contribution >= 4 is 6.41 Å². The molecule has 0 aliphatic heterocycles. The molecule has 0 spiro atoms. The van der Waals surface area contributed by atoms with E-state index in [9.17, 15) is 0 Å². The summed E-state index contributed by atoms with van der Waals surface area (Å²) in [4.78, 5) is 8.58. The Bertz CT molecular complexity index is 31.8. The summed E-state index contributed by atoms with van der Waals surface area (Å²) >= 11 is 0. The van der Waals surface area contributed by atoms with E-state index in [1.807, 2.05) is 0 Å². The average molecular weight is 87.1 g/mol. The van der Waals surface area contributed by atoms with E-state index in [4.69, 9.17) is 4.79 Å². The van der Waals surface area contributed by atoms with Crippen molar-refractivity contribution < 1.29 is 4.79 Å². The average Bonchev–Trinajstić information content (AvgIpc) is 2.11. The van der Waals surface area contributed by atoms with Crippen molar-refractivity contribution in [2.75, 3.05) is 0 Å². The summed E-state index contributed by atoms with van der Waals surface area (Å²) in [5.41, 5.74) is 4.17. The first-order valence-corrected chi connectivity index (χ1v) is 2.07. The van der Waals surface area contributed by atoms with Crippen LogP contribution in [0.1, 0.15) is 19.3 Å². The minimum Gasteiger partial charge on any atom is -0.372 e. The molecule has 1 aliphatic carbocycles. The van der Waals surface area contributed by atoms with Gasteiger partial charge in [-0.25, -0.2) is 0 Å². The van der Waals surface area contributed by atoms with Gasteiger partial charge in [0.2, 0.25) is 6.41 Å². The summed E-state index contributed by atoms with van der Waals surface area (Å²) in [5.74, 6) is 0. The highest BCUT2D eigenvalue weighted by Crippen LogP contribution is 2.14. The quantitative estimate of drug-likeness (QED) is 0.423. The molecule has 0 heterocycles. The number of primary amides is 1. The van der Waals surface area contributed by atoms with Gasteiger partial charge in [-0.1, -0.05) is 19.3 Å². The van der Waals surface area contributed by atoms with Gasteiger partial charge in [0, 0.05) is 0 Å². The van der Waals surface area contributed by atoms with Crippen molar-refractivity contribution in [3.63, 3.8) is 0 Å². The minimum atomic E-state index is 0.250. The lowest BCUT2D eigenvalue weighted by Gasteiger charge is -1.32. The SMILES string of the molecule is C1CC1.NC=O. The second-order valence-corrected chi connectivity index (χ2v) is 1.20. The molecule has 0 unspecified atom stereocenters. The summed E-state index contributed by atoms with van der Waals surface area (Å²) in [6.45, 7) is 0. The molecule has 1 rings (SSSR count). The molecule has 0 radical (unpaired) electrons. The minimum absolute atomic E-state index is 0.250. The number of rotatable bonds is 0. The largest absolute Gasteiger partial charge is 0.372 e. The zero-order valence-corrected chi connectivity index (χ0v) is 3.68. The predicted molar refractivity (Wildman–Crippen MR) is 24.1 cm³/mol. The Labute approximate surface area is 37.3 Å². The topological polar surface area (TPSA) is 43.1 Å². The Morgan fingerprint density at radius 2 is 1.50 bits per heavy atom. The van der Waals surface area contributed by atoms with Crippen LogP contribution in [0.3, 0.4) is 0 Å². The van der Waals surface area contributed by atoms with Crippen LogP contribution in [-0.2, 0) is 4.79 Å². The first-order valence-electron chi connectivity index (χ1n) is 2.07. The number of carbonyl (C=O) groups excluding carboxylic acids is 1. The standard InChI is InChI=1S/C3H6.CH3NO/c1-2-3-1;2-1-3/h1-3H2;1H,(H2,2,3). The van der Waals surface area contributed by atoms with Crippen LogP contribution in [0.4, 0.5) is 0 Å². The Hall–Kier alpha value is -0.530. The zero-order chi connectivity index (χ0) is 4.83. The second-order valence-electron chi connectivity index (χ2n) is 1.20. The van der Waals surface area contributed by atoms with Gasteiger partial charge in [-0.3, -0.25) is 4.79 Å². The highest BCUT2D eigenvalue weighted by atomic mass is 16.1. The van der Waals surface area contributed by atoms with E-state index in [0.29, 0.717) is 0 Å². The van der Waals surface area contributed by atoms with Crippen molar-refractivity contribution in [2.45, 2.75) is 19.3 Å². The van der Waals surface area contributed by atoms with Gasteiger partial charge in [-0.05, 0) is 0 Å². The molecule has 0 saturated heterocycles. The van der Waals surface area contributed by atoms with Crippen LogP contribution in [0, 0.1) is 0 Å². The van der Waals surface area contributed by atoms with Gasteiger partial charge in [-0.2, -0.15) is 0 Å². The maximum Gasteiger partial charge on any atom is 0.204 e. The van der Waals surface area contributed by atoms with Gasteiger partial charge in [0.05, 0.1) is 0 Å². The Kier molecular flexibility index (Phi) is 4.08. The molecule has 1 aliphatic rings. The normalized spacial score (nSPS) is 14.0. The number of amides is 1. The lowest BCUT2D eigenvalue weighted by Crippen LogP contribution is -1.82. The summed E-state index contributed by atoms with van der Waals surface area (Å²) in [6.07, 6.45) is 4.75. The van der Waals surface area contributed by atoms with Gasteiger partial charge < -0.3 is 5.73 Å². The Balaban J connectivity index is 0.0000000833. The molecule has 36 valence electrons. The molecule has 0 atom stereocenters. The van der Waals surface area contributed by atoms with Gasteiger partial charge in [0.1, 0.15) is 0 Å². The molecular weight excluding hydrogens is 78.0 g/mol. The van der Waals surface area contributed by atoms with Crippen molar-refractivity contribution in [3.05, 3.63) is 0 Å². The molecule has 2 nitrogen and oxygen atoms in total. The lowest BCUT2D eigenvalue weighted by molar-refractivity contribution is -0.106. The molecule has 1 amide bonds. The van der Waals surface area contributed by atoms with E-state index in [-0.39, 0.29) is 6.41 Å². The van der Waals surface area contributed by atoms with Crippen LogP contribution in [0.25, 0.3) is 0 Å². The summed E-state index contributed by atoms with van der Waals surface area (Å²) < 4.78 is 0. The predicted octanol–water partition coefficient (Wildman–Crippen LogP) is 0.272. The van der Waals surface area contributed by atoms with Crippen molar-refractivity contribution in [1.82, 2.24) is 0 Å². The fraction of sp³-hybridized carbons (Fsp3) is 0.750. The highest BCUT2D eigenvalue weighted by molar-refractivity contribution is 5.42. The van der Waals surface area contributed by atoms with Crippen LogP contribution in [-0.4, -0.2) is 6.41 Å². The van der Waals surface area contributed by atoms with E-state index in [1.165, 1.54) is 19.3 Å². The van der Waals surface area contributed by atoms with Crippen LogP contribution >= 0.6 is 0 Å². The highest BCUT2D eigenvalue weighted by Gasteiger charge is 1.95. The van der Waals surface area contributed by atoms with Crippen LogP contribution in [0.5, 0.6) is 0 Å². The number of nitrogens with two attached hydrogens (primary N) is 1. The molecule has 1 saturated carbocycles. The molecule has 2 heteroatoms. The van der Waals surface area contributed by atoms with E-state index < -0.39 is 0 Å². The third kappa shape index (κ3) is 95.8. The van der Waals surface area contributed by atoms with Crippen molar-refractivity contribution in [1.29, 1.82) is 0 Å². The Morgan fingerprint density at radius 1 is 1.33 bits per heavy atom. The smallest absolute Gasteiger partial charge is 0.204 e. The molecule has 0 bridgehead atoms. The van der Waals surface area contributed by atoms with Gasteiger partial charge in [-0.15, -0.1) is 0 Å². The maximum atomic E-state index is 8.58. The van der Waals surface area contributed by atoms with Crippen molar-refractivity contribution in [2.24, 2.45) is 5.73 Å². The Morgan fingerprint density at radius 3 is 1.50 bits per heavy atom. The number of carbonyl (C=O) groups is 1. The molecule has 6 heavy (non-hydrogen) atoms. The van der Waals surface area contributed by atoms with Crippen LogP contribution in [0.2, 0.25) is 0 Å². The number of hydrogen-bond acceptors (Lipinski definition) is 1. The van der Waals surface area contributed by atoms with E-state index >= 15 is 0 Å². The monoisotopic (exact) mass is 87.1 g/mol. The fourth-order valence-corrected chi connectivity index (χ4v) is 0. The summed E-state index contributed by atoms with van der Waals surface area (Å²) in [6, 6.07) is 0. The molecule has 1 fully saturated rings. The summed E-state index contributed by atoms with van der Waals surface area (Å²) in [5, 5.41) is 0. The van der Waals surface area contributed by atoms with Gasteiger partial charge in [0.25, 0.3) is 0 Å². The maximum absolute atomic E-state index is 8.58. The third-order valence-corrected chi connectivity index (χ3v) is 0.354. The molecule has 2 N–H and O–H groups in total. The molecule has 0 aromatic carbocycles. The van der Waals surface area contributed by atoms with Crippen LogP contribution < -0.4 is 5.73 Å². The van der Waals surface area contributed by atoms with Gasteiger partial charge >= 0.3 is 0 Å². The lowest BCUT2D eigenvalue weighted by atomic mass is 11.0. The first-order chi connectivity index (χ1) is 2.91. The fourth-order valence-electron chi connectivity index (χ4n) is 0. The second kappa shape index (κ2) is 4.47. The van der Waals surface area contributed by atoms with Crippen LogP contribution in [0.15, 0.2) is 0 Å². The first kappa shape index (κ1) is 5.47. The zero-order valence-electron chi connectivity index (χ0n) is 3.68. The van der Waals surface area contributed by atoms with Gasteiger partial charge in [0.15, 0.2) is 0 Å². The van der Waals surface area contributed by atoms with E-state index in [1.54, 1.807) is 0 Å². The van der Waals surface area contributed by atoms with E-state index in [2.05, 4.69) is 5.73 Å². The number of hydrogen-bond donors (Lipinski definition) is 1. The molecule has 0 aromatic rings.